The van der Waals surface area contributed by atoms with E-state index in [-0.39, 0.29) is 0 Å². The summed E-state index contributed by atoms with van der Waals surface area (Å²) in [5, 5.41) is 10.7. The minimum atomic E-state index is 1.30. The summed E-state index contributed by atoms with van der Waals surface area (Å²) in [7, 11) is 0. The number of fused-ring (bicyclic) bond motifs is 8. The van der Waals surface area contributed by atoms with Crippen LogP contribution in [0.1, 0.15) is 0 Å². The van der Waals surface area contributed by atoms with Gasteiger partial charge < -0.3 is 0 Å². The fraction of sp³-hybridized carbons (Fsp3) is 0. The lowest BCUT2D eigenvalue weighted by atomic mass is 9.91. The molecule has 5 aromatic carbocycles. The zero-order chi connectivity index (χ0) is 14.5. The van der Waals surface area contributed by atoms with Gasteiger partial charge in [-0.15, -0.1) is 0 Å². The predicted octanol–water partition coefficient (Wildman–Crippen LogP) is 6.30. The molecule has 0 aliphatic carbocycles. The first kappa shape index (κ1) is 11.8. The van der Waals surface area contributed by atoms with E-state index in [1.807, 2.05) is 0 Å². The average Bonchev–Trinajstić information content (AvgIpc) is 2.61. The van der Waals surface area contributed by atoms with Crippen LogP contribution in [0.25, 0.3) is 43.1 Å². The van der Waals surface area contributed by atoms with Crippen molar-refractivity contribution >= 4 is 43.1 Å². The van der Waals surface area contributed by atoms with Crippen LogP contribution in [-0.4, -0.2) is 0 Å². The molecule has 0 atom stereocenters. The molecule has 0 aromatic heterocycles. The Morgan fingerprint density at radius 2 is 0.773 bits per heavy atom. The van der Waals surface area contributed by atoms with Gasteiger partial charge in [0.1, 0.15) is 0 Å². The molecule has 0 bridgehead atoms. The first-order valence-corrected chi connectivity index (χ1v) is 7.64. The highest BCUT2D eigenvalue weighted by atomic mass is 14.1. The van der Waals surface area contributed by atoms with Crippen molar-refractivity contribution < 1.29 is 0 Å². The van der Waals surface area contributed by atoms with Gasteiger partial charge in [0.25, 0.3) is 0 Å². The Morgan fingerprint density at radius 1 is 0.318 bits per heavy atom. The molecule has 102 valence electrons. The predicted molar refractivity (Wildman–Crippen MR) is 96.5 cm³/mol. The molecule has 0 saturated carbocycles. The van der Waals surface area contributed by atoms with Crippen molar-refractivity contribution in [3.63, 3.8) is 0 Å². The third kappa shape index (κ3) is 1.47. The molecule has 0 heterocycles. The zero-order valence-electron chi connectivity index (χ0n) is 12.1. The fourth-order valence-electron chi connectivity index (χ4n) is 3.67. The van der Waals surface area contributed by atoms with Crippen LogP contribution in [0.5, 0.6) is 0 Å². The van der Waals surface area contributed by atoms with E-state index in [0.29, 0.717) is 0 Å². The minimum Gasteiger partial charge on any atom is -0.0616 e. The van der Waals surface area contributed by atoms with Crippen molar-refractivity contribution in [3.05, 3.63) is 84.9 Å². The Labute approximate surface area is 128 Å². The van der Waals surface area contributed by atoms with Gasteiger partial charge in [-0.2, -0.15) is 0 Å². The van der Waals surface area contributed by atoms with Crippen LogP contribution in [0.2, 0.25) is 0 Å². The van der Waals surface area contributed by atoms with Crippen LogP contribution in [-0.2, 0) is 0 Å². The maximum Gasteiger partial charge on any atom is -0.00204 e. The summed E-state index contributed by atoms with van der Waals surface area (Å²) in [6.07, 6.45) is 0. The van der Waals surface area contributed by atoms with E-state index in [2.05, 4.69) is 84.9 Å². The van der Waals surface area contributed by atoms with E-state index in [1.165, 1.54) is 43.1 Å². The molecule has 0 radical (unpaired) electrons. The molecule has 0 spiro atoms. The SMILES string of the molecule is c1ccc2c(c1)ccc1c3ccccc3c3ccccc3c21. The summed E-state index contributed by atoms with van der Waals surface area (Å²) in [6, 6.07) is 30.6. The molecular formula is C22H14. The maximum atomic E-state index is 2.27. The molecule has 0 nitrogen and oxygen atoms in total. The van der Waals surface area contributed by atoms with Crippen molar-refractivity contribution in [1.82, 2.24) is 0 Å². The summed E-state index contributed by atoms with van der Waals surface area (Å²) in [5.74, 6) is 0. The maximum absolute atomic E-state index is 2.27. The van der Waals surface area contributed by atoms with E-state index in [4.69, 9.17) is 0 Å². The van der Waals surface area contributed by atoms with E-state index in [1.54, 1.807) is 0 Å². The van der Waals surface area contributed by atoms with Crippen molar-refractivity contribution in [2.24, 2.45) is 0 Å². The first-order chi connectivity index (χ1) is 10.9. The standard InChI is InChI=1S/C22H14/c1-2-8-16-15(7-1)13-14-21-19-11-4-3-9-17(19)18-10-5-6-12-20(18)22(16)21/h1-14H. The van der Waals surface area contributed by atoms with E-state index in [0.717, 1.165) is 0 Å². The van der Waals surface area contributed by atoms with Crippen molar-refractivity contribution in [2.75, 3.05) is 0 Å². The second-order valence-corrected chi connectivity index (χ2v) is 5.80. The van der Waals surface area contributed by atoms with Crippen molar-refractivity contribution in [3.8, 4) is 0 Å². The summed E-state index contributed by atoms with van der Waals surface area (Å²) in [5.41, 5.74) is 0. The van der Waals surface area contributed by atoms with Crippen LogP contribution in [0.15, 0.2) is 84.9 Å². The molecule has 0 aliphatic rings. The summed E-state index contributed by atoms with van der Waals surface area (Å²) in [4.78, 5) is 0. The molecular weight excluding hydrogens is 264 g/mol. The Balaban J connectivity index is 2.24. The van der Waals surface area contributed by atoms with Crippen LogP contribution in [0.4, 0.5) is 0 Å². The van der Waals surface area contributed by atoms with Gasteiger partial charge in [0, 0.05) is 0 Å². The fourth-order valence-corrected chi connectivity index (χ4v) is 3.67. The van der Waals surface area contributed by atoms with Crippen LogP contribution >= 0.6 is 0 Å². The summed E-state index contributed by atoms with van der Waals surface area (Å²) < 4.78 is 0. The van der Waals surface area contributed by atoms with E-state index in [9.17, 15) is 0 Å². The largest absolute Gasteiger partial charge is 0.0616 e. The number of hydrogen-bond donors (Lipinski definition) is 0. The topological polar surface area (TPSA) is 0 Å². The number of benzene rings is 5. The van der Waals surface area contributed by atoms with Crippen LogP contribution in [0.3, 0.4) is 0 Å². The Hall–Kier alpha value is -2.86. The average molecular weight is 278 g/mol. The van der Waals surface area contributed by atoms with Gasteiger partial charge in [-0.05, 0) is 43.1 Å². The third-order valence-corrected chi connectivity index (χ3v) is 4.63. The minimum absolute atomic E-state index is 1.30. The molecule has 0 N–H and O–H groups in total. The third-order valence-electron chi connectivity index (χ3n) is 4.63. The molecule has 0 amide bonds. The zero-order valence-corrected chi connectivity index (χ0v) is 12.1. The molecule has 0 aliphatic heterocycles. The number of hydrogen-bond acceptors (Lipinski definition) is 0. The lowest BCUT2D eigenvalue weighted by molar-refractivity contribution is 1.78. The molecule has 0 fully saturated rings. The Kier molecular flexibility index (Phi) is 2.31. The van der Waals surface area contributed by atoms with Crippen LogP contribution in [0, 0.1) is 0 Å². The second kappa shape index (κ2) is 4.32. The smallest absolute Gasteiger partial charge is 0.00204 e. The Morgan fingerprint density at radius 3 is 1.45 bits per heavy atom. The lowest BCUT2D eigenvalue weighted by Crippen LogP contribution is -1.84. The lowest BCUT2D eigenvalue weighted by Gasteiger charge is -2.12. The van der Waals surface area contributed by atoms with Gasteiger partial charge in [0.05, 0.1) is 0 Å². The Bertz CT molecular complexity index is 1120. The van der Waals surface area contributed by atoms with Gasteiger partial charge in [-0.3, -0.25) is 0 Å². The monoisotopic (exact) mass is 278 g/mol. The highest BCUT2D eigenvalue weighted by Gasteiger charge is 2.10. The van der Waals surface area contributed by atoms with Crippen molar-refractivity contribution in [1.29, 1.82) is 0 Å². The second-order valence-electron chi connectivity index (χ2n) is 5.80. The normalized spacial score (nSPS) is 11.6. The highest BCUT2D eigenvalue weighted by Crippen LogP contribution is 2.38. The molecule has 0 saturated heterocycles. The molecule has 5 rings (SSSR count). The summed E-state index contributed by atoms with van der Waals surface area (Å²) in [6.45, 7) is 0. The number of rotatable bonds is 0. The van der Waals surface area contributed by atoms with E-state index < -0.39 is 0 Å². The van der Waals surface area contributed by atoms with Gasteiger partial charge in [-0.25, -0.2) is 0 Å². The van der Waals surface area contributed by atoms with Crippen LogP contribution < -0.4 is 0 Å². The van der Waals surface area contributed by atoms with Gasteiger partial charge in [0.2, 0.25) is 0 Å². The first-order valence-electron chi connectivity index (χ1n) is 7.64. The van der Waals surface area contributed by atoms with Gasteiger partial charge >= 0.3 is 0 Å². The molecule has 22 heavy (non-hydrogen) atoms. The summed E-state index contributed by atoms with van der Waals surface area (Å²) >= 11 is 0. The molecule has 0 heteroatoms. The van der Waals surface area contributed by atoms with Crippen molar-refractivity contribution in [2.45, 2.75) is 0 Å². The highest BCUT2D eigenvalue weighted by molar-refractivity contribution is 6.31. The molecule has 0 unspecified atom stereocenters. The van der Waals surface area contributed by atoms with E-state index >= 15 is 0 Å². The van der Waals surface area contributed by atoms with Gasteiger partial charge in [-0.1, -0.05) is 84.9 Å². The quantitative estimate of drug-likeness (QED) is 0.292. The van der Waals surface area contributed by atoms with Gasteiger partial charge in [0.15, 0.2) is 0 Å². The molecule has 5 aromatic rings.